The van der Waals surface area contributed by atoms with E-state index in [1.165, 1.54) is 0 Å². The third kappa shape index (κ3) is 7.48. The van der Waals surface area contributed by atoms with Crippen LogP contribution in [0.15, 0.2) is 48.5 Å². The third-order valence-corrected chi connectivity index (χ3v) is 3.41. The van der Waals surface area contributed by atoms with E-state index in [1.807, 2.05) is 48.5 Å². The SMILES string of the molecule is CCCOc1cc(OCCC)cc(OCCOCc2ccccc2)c1. The first-order valence-electron chi connectivity index (χ1n) is 8.97. The van der Waals surface area contributed by atoms with E-state index in [-0.39, 0.29) is 0 Å². The summed E-state index contributed by atoms with van der Waals surface area (Å²) in [6.45, 7) is 7.12. The molecule has 0 fully saturated rings. The molecule has 0 bridgehead atoms. The van der Waals surface area contributed by atoms with E-state index in [1.54, 1.807) is 0 Å². The van der Waals surface area contributed by atoms with Crippen molar-refractivity contribution in [2.75, 3.05) is 26.4 Å². The van der Waals surface area contributed by atoms with Crippen LogP contribution in [0, 0.1) is 0 Å². The van der Waals surface area contributed by atoms with Crippen LogP contribution in [0.4, 0.5) is 0 Å². The second-order valence-electron chi connectivity index (χ2n) is 5.72. The van der Waals surface area contributed by atoms with Crippen LogP contribution in [0.2, 0.25) is 0 Å². The van der Waals surface area contributed by atoms with Gasteiger partial charge in [-0.2, -0.15) is 0 Å². The zero-order valence-corrected chi connectivity index (χ0v) is 15.2. The Bertz CT molecular complexity index is 572. The van der Waals surface area contributed by atoms with Gasteiger partial charge in [0.15, 0.2) is 0 Å². The molecule has 0 amide bonds. The van der Waals surface area contributed by atoms with E-state index in [9.17, 15) is 0 Å². The summed E-state index contributed by atoms with van der Waals surface area (Å²) in [5, 5.41) is 0. The molecule has 0 saturated heterocycles. The van der Waals surface area contributed by atoms with Gasteiger partial charge in [-0.25, -0.2) is 0 Å². The van der Waals surface area contributed by atoms with Crippen molar-refractivity contribution in [3.05, 3.63) is 54.1 Å². The Labute approximate surface area is 150 Å². The molecule has 0 aliphatic rings. The molecule has 4 heteroatoms. The van der Waals surface area contributed by atoms with Crippen LogP contribution >= 0.6 is 0 Å². The van der Waals surface area contributed by atoms with Crippen LogP contribution < -0.4 is 14.2 Å². The van der Waals surface area contributed by atoms with Crippen molar-refractivity contribution in [2.45, 2.75) is 33.3 Å². The number of hydrogen-bond acceptors (Lipinski definition) is 4. The van der Waals surface area contributed by atoms with Crippen LogP contribution in [0.3, 0.4) is 0 Å². The Morgan fingerprint density at radius 3 is 1.68 bits per heavy atom. The third-order valence-electron chi connectivity index (χ3n) is 3.41. The molecule has 0 aliphatic carbocycles. The minimum atomic E-state index is 0.483. The van der Waals surface area contributed by atoms with Gasteiger partial charge < -0.3 is 18.9 Å². The van der Waals surface area contributed by atoms with Crippen molar-refractivity contribution in [2.24, 2.45) is 0 Å². The summed E-state index contributed by atoms with van der Waals surface area (Å²) in [4.78, 5) is 0. The smallest absolute Gasteiger partial charge is 0.126 e. The van der Waals surface area contributed by atoms with Crippen molar-refractivity contribution in [1.29, 1.82) is 0 Å². The van der Waals surface area contributed by atoms with Gasteiger partial charge in [-0.15, -0.1) is 0 Å². The molecule has 0 unspecified atom stereocenters. The van der Waals surface area contributed by atoms with Crippen molar-refractivity contribution in [3.63, 3.8) is 0 Å². The van der Waals surface area contributed by atoms with Crippen LogP contribution in [0.5, 0.6) is 17.2 Å². The van der Waals surface area contributed by atoms with Crippen molar-refractivity contribution in [3.8, 4) is 17.2 Å². The summed E-state index contributed by atoms with van der Waals surface area (Å²) in [7, 11) is 0. The second-order valence-corrected chi connectivity index (χ2v) is 5.72. The first-order valence-corrected chi connectivity index (χ1v) is 8.97. The molecule has 0 radical (unpaired) electrons. The van der Waals surface area contributed by atoms with Gasteiger partial charge in [-0.3, -0.25) is 0 Å². The Morgan fingerprint density at radius 2 is 1.16 bits per heavy atom. The second kappa shape index (κ2) is 11.4. The Balaban J connectivity index is 1.82. The zero-order valence-electron chi connectivity index (χ0n) is 15.2. The Morgan fingerprint density at radius 1 is 0.640 bits per heavy atom. The Hall–Kier alpha value is -2.20. The Kier molecular flexibility index (Phi) is 8.70. The van der Waals surface area contributed by atoms with Crippen molar-refractivity contribution < 1.29 is 18.9 Å². The molecular weight excluding hydrogens is 316 g/mol. The van der Waals surface area contributed by atoms with Crippen molar-refractivity contribution >= 4 is 0 Å². The molecule has 0 atom stereocenters. The molecule has 0 heterocycles. The highest BCUT2D eigenvalue weighted by atomic mass is 16.5. The molecule has 136 valence electrons. The molecule has 2 aromatic carbocycles. The van der Waals surface area contributed by atoms with Gasteiger partial charge in [0.25, 0.3) is 0 Å². The largest absolute Gasteiger partial charge is 0.493 e. The van der Waals surface area contributed by atoms with Crippen molar-refractivity contribution in [1.82, 2.24) is 0 Å². The van der Waals surface area contributed by atoms with Crippen LogP contribution in [0.25, 0.3) is 0 Å². The van der Waals surface area contributed by atoms with Gasteiger partial charge >= 0.3 is 0 Å². The molecule has 25 heavy (non-hydrogen) atoms. The summed E-state index contributed by atoms with van der Waals surface area (Å²) in [5.74, 6) is 2.29. The maximum absolute atomic E-state index is 5.80. The fraction of sp³-hybridized carbons (Fsp3) is 0.429. The van der Waals surface area contributed by atoms with Gasteiger partial charge in [0.2, 0.25) is 0 Å². The first kappa shape index (κ1) is 19.1. The molecule has 0 saturated carbocycles. The maximum atomic E-state index is 5.80. The van der Waals surface area contributed by atoms with Gasteiger partial charge in [-0.1, -0.05) is 44.2 Å². The summed E-state index contributed by atoms with van der Waals surface area (Å²) in [5.41, 5.74) is 1.16. The molecular formula is C21H28O4. The number of hydrogen-bond donors (Lipinski definition) is 0. The minimum absolute atomic E-state index is 0.483. The van der Waals surface area contributed by atoms with E-state index in [0.717, 1.165) is 35.7 Å². The first-order chi connectivity index (χ1) is 12.3. The van der Waals surface area contributed by atoms with Gasteiger partial charge in [0.05, 0.1) is 26.4 Å². The molecule has 0 N–H and O–H groups in total. The topological polar surface area (TPSA) is 36.9 Å². The molecule has 2 aromatic rings. The summed E-state index contributed by atoms with van der Waals surface area (Å²) in [6.07, 6.45) is 1.92. The highest BCUT2D eigenvalue weighted by Crippen LogP contribution is 2.28. The van der Waals surface area contributed by atoms with E-state index >= 15 is 0 Å². The summed E-state index contributed by atoms with van der Waals surface area (Å²) in [6, 6.07) is 15.8. The molecule has 0 spiro atoms. The van der Waals surface area contributed by atoms with Gasteiger partial charge in [0.1, 0.15) is 23.9 Å². The highest BCUT2D eigenvalue weighted by Gasteiger charge is 2.05. The monoisotopic (exact) mass is 344 g/mol. The van der Waals surface area contributed by atoms with Gasteiger partial charge in [0, 0.05) is 18.2 Å². The zero-order chi connectivity index (χ0) is 17.7. The lowest BCUT2D eigenvalue weighted by atomic mass is 10.2. The van der Waals surface area contributed by atoms with Crippen LogP contribution in [0.1, 0.15) is 32.3 Å². The highest BCUT2D eigenvalue weighted by molar-refractivity contribution is 5.42. The molecule has 4 nitrogen and oxygen atoms in total. The fourth-order valence-corrected chi connectivity index (χ4v) is 2.22. The lowest BCUT2D eigenvalue weighted by Gasteiger charge is -2.13. The number of benzene rings is 2. The normalized spacial score (nSPS) is 10.5. The number of ether oxygens (including phenoxy) is 4. The quantitative estimate of drug-likeness (QED) is 0.515. The molecule has 2 rings (SSSR count). The lowest BCUT2D eigenvalue weighted by molar-refractivity contribution is 0.0887. The van der Waals surface area contributed by atoms with Crippen LogP contribution in [-0.4, -0.2) is 26.4 Å². The fourth-order valence-electron chi connectivity index (χ4n) is 2.22. The number of rotatable bonds is 12. The predicted octanol–water partition coefficient (Wildman–Crippen LogP) is 4.86. The summed E-state index contributed by atoms with van der Waals surface area (Å²) >= 11 is 0. The minimum Gasteiger partial charge on any atom is -0.493 e. The standard InChI is InChI=1S/C21H28O4/c1-3-10-23-19-14-20(24-11-4-2)16-21(15-19)25-13-12-22-17-18-8-6-5-7-9-18/h5-9,14-16H,3-4,10-13,17H2,1-2H3. The maximum Gasteiger partial charge on any atom is 0.126 e. The predicted molar refractivity (Wildman–Crippen MR) is 99.6 cm³/mol. The molecule has 0 aliphatic heterocycles. The van der Waals surface area contributed by atoms with Gasteiger partial charge in [-0.05, 0) is 18.4 Å². The lowest BCUT2D eigenvalue weighted by Crippen LogP contribution is -2.07. The van der Waals surface area contributed by atoms with E-state index < -0.39 is 0 Å². The van der Waals surface area contributed by atoms with Crippen LogP contribution in [-0.2, 0) is 11.3 Å². The van der Waals surface area contributed by atoms with E-state index in [4.69, 9.17) is 18.9 Å². The average molecular weight is 344 g/mol. The molecule has 0 aromatic heterocycles. The average Bonchev–Trinajstić information content (AvgIpc) is 2.65. The van der Waals surface area contributed by atoms with E-state index in [2.05, 4.69) is 13.8 Å². The van der Waals surface area contributed by atoms with E-state index in [0.29, 0.717) is 33.0 Å². The summed E-state index contributed by atoms with van der Waals surface area (Å²) < 4.78 is 22.9.